The molecule has 0 bridgehead atoms. The standard InChI is InChI=1S/C6H13N5O/c1-4(12)5(9-2)3-6(7)10-11-8/h5,9H,3H2,1-2H3,(H3,7,8,10)/p+1/t5-/m0/s1. The summed E-state index contributed by atoms with van der Waals surface area (Å²) in [7, 11) is 1.68. The molecule has 0 rings (SSSR count). The van der Waals surface area contributed by atoms with Crippen molar-refractivity contribution in [3.63, 3.8) is 0 Å². The fraction of sp³-hybridized carbons (Fsp3) is 0.667. The molecular weight excluding hydrogens is 158 g/mol. The van der Waals surface area contributed by atoms with Gasteiger partial charge in [0, 0.05) is 5.22 Å². The van der Waals surface area contributed by atoms with Crippen LogP contribution >= 0.6 is 0 Å². The molecule has 0 unspecified atom stereocenters. The number of likely N-dealkylation sites (N-methyl/N-ethyl adjacent to an activating group) is 1. The minimum Gasteiger partial charge on any atom is -0.310 e. The van der Waals surface area contributed by atoms with Gasteiger partial charge >= 0.3 is 5.84 Å². The van der Waals surface area contributed by atoms with Crippen molar-refractivity contribution in [3.05, 3.63) is 0 Å². The Balaban J connectivity index is 4.03. The second-order valence-electron chi connectivity index (χ2n) is 2.36. The lowest BCUT2D eigenvalue weighted by Gasteiger charge is -2.07. The molecule has 0 saturated heterocycles. The highest BCUT2D eigenvalue weighted by Gasteiger charge is 2.17. The van der Waals surface area contributed by atoms with Crippen LogP contribution in [0.1, 0.15) is 13.3 Å². The summed E-state index contributed by atoms with van der Waals surface area (Å²) in [6, 6.07) is -0.310. The van der Waals surface area contributed by atoms with Crippen LogP contribution in [0.2, 0.25) is 0 Å². The first-order chi connectivity index (χ1) is 5.61. The fourth-order valence-electron chi connectivity index (χ4n) is 0.773. The number of hydrogen-bond donors (Lipinski definition) is 3. The number of nitrogens with zero attached hydrogens (tertiary/aromatic N) is 2. The van der Waals surface area contributed by atoms with Gasteiger partial charge in [0.2, 0.25) is 0 Å². The van der Waals surface area contributed by atoms with Crippen molar-refractivity contribution in [2.45, 2.75) is 19.4 Å². The first-order valence-corrected chi connectivity index (χ1v) is 3.51. The molecule has 0 aliphatic heterocycles. The van der Waals surface area contributed by atoms with Gasteiger partial charge in [-0.1, -0.05) is 0 Å². The molecule has 6 heteroatoms. The molecule has 5 N–H and O–H groups in total. The lowest BCUT2D eigenvalue weighted by molar-refractivity contribution is -0.124. The number of rotatable bonds is 4. The molecule has 1 atom stereocenters. The molecule has 0 aromatic rings. The maximum absolute atomic E-state index is 10.9. The molecule has 0 radical (unpaired) electrons. The van der Waals surface area contributed by atoms with Crippen molar-refractivity contribution in [2.24, 2.45) is 16.2 Å². The smallest absolute Gasteiger partial charge is 0.310 e. The zero-order valence-corrected chi connectivity index (χ0v) is 7.24. The second kappa shape index (κ2) is 5.36. The van der Waals surface area contributed by atoms with Gasteiger partial charge in [-0.05, 0) is 14.0 Å². The van der Waals surface area contributed by atoms with E-state index in [9.17, 15) is 4.79 Å². The highest BCUT2D eigenvalue weighted by molar-refractivity contribution is 5.88. The Morgan fingerprint density at radius 3 is 2.67 bits per heavy atom. The predicted octanol–water partition coefficient (Wildman–Crippen LogP) is -1.96. The number of Topliss-reactive ketones (excluding diaryl/α,β-unsaturated/α-hetero) is 1. The minimum absolute atomic E-state index is 0.00710. The first-order valence-electron chi connectivity index (χ1n) is 3.51. The van der Waals surface area contributed by atoms with E-state index in [0.29, 0.717) is 6.42 Å². The van der Waals surface area contributed by atoms with Gasteiger partial charge in [-0.25, -0.2) is 0 Å². The van der Waals surface area contributed by atoms with Crippen molar-refractivity contribution in [1.82, 2.24) is 5.32 Å². The van der Waals surface area contributed by atoms with Crippen LogP contribution < -0.4 is 16.6 Å². The van der Waals surface area contributed by atoms with Crippen LogP contribution in [-0.4, -0.2) is 24.7 Å². The summed E-state index contributed by atoms with van der Waals surface area (Å²) in [5.74, 6) is 5.02. The van der Waals surface area contributed by atoms with Crippen molar-refractivity contribution in [3.8, 4) is 0 Å². The number of ketones is 1. The summed E-state index contributed by atoms with van der Waals surface area (Å²) in [4.78, 5) is 10.9. The van der Waals surface area contributed by atoms with Crippen LogP contribution in [0.5, 0.6) is 0 Å². The maximum Gasteiger partial charge on any atom is 0.321 e. The maximum atomic E-state index is 10.9. The normalized spacial score (nSPS) is 13.2. The van der Waals surface area contributed by atoms with E-state index in [1.807, 2.05) is 0 Å². The van der Waals surface area contributed by atoms with Gasteiger partial charge in [0.1, 0.15) is 5.78 Å². The monoisotopic (exact) mass is 172 g/mol. The Labute approximate surface area is 70.7 Å². The number of hydrogen-bond acceptors (Lipinski definition) is 3. The number of carbonyl (C=O) groups excluding carboxylic acids is 1. The van der Waals surface area contributed by atoms with Crippen molar-refractivity contribution >= 4 is 11.6 Å². The predicted molar refractivity (Wildman–Crippen MR) is 44.1 cm³/mol. The highest BCUT2D eigenvalue weighted by Crippen LogP contribution is 1.93. The minimum atomic E-state index is -0.310. The van der Waals surface area contributed by atoms with Gasteiger partial charge in [0.05, 0.1) is 17.6 Å². The molecule has 0 aromatic heterocycles. The Morgan fingerprint density at radius 1 is 1.75 bits per heavy atom. The Kier molecular flexibility index (Phi) is 4.78. The van der Waals surface area contributed by atoms with Gasteiger partial charge < -0.3 is 5.32 Å². The van der Waals surface area contributed by atoms with Crippen molar-refractivity contribution in [1.29, 1.82) is 0 Å². The quantitative estimate of drug-likeness (QED) is 0.151. The summed E-state index contributed by atoms with van der Waals surface area (Å²) in [5, 5.41) is 14.6. The van der Waals surface area contributed by atoms with Gasteiger partial charge in [-0.3, -0.25) is 16.0 Å². The van der Waals surface area contributed by atoms with E-state index in [4.69, 9.17) is 11.3 Å². The summed E-state index contributed by atoms with van der Waals surface area (Å²) < 4.78 is 0. The number of nitrogens with two attached hydrogens (primary N) is 2. The van der Waals surface area contributed by atoms with E-state index in [-0.39, 0.29) is 17.7 Å². The molecule has 0 saturated carbocycles. The topological polar surface area (TPSA) is 105 Å². The molecule has 0 spiro atoms. The van der Waals surface area contributed by atoms with Crippen LogP contribution in [-0.2, 0) is 4.79 Å². The lowest BCUT2D eigenvalue weighted by atomic mass is 10.1. The van der Waals surface area contributed by atoms with Gasteiger partial charge in [-0.15, -0.1) is 0 Å². The molecule has 0 aromatic carbocycles. The van der Waals surface area contributed by atoms with E-state index >= 15 is 0 Å². The van der Waals surface area contributed by atoms with E-state index < -0.39 is 0 Å². The van der Waals surface area contributed by atoms with Crippen molar-refractivity contribution < 1.29 is 10.2 Å². The zero-order valence-electron chi connectivity index (χ0n) is 7.24. The Bertz CT molecular complexity index is 200. The average Bonchev–Trinajstić information content (AvgIpc) is 2.00. The van der Waals surface area contributed by atoms with Gasteiger partial charge in [0.15, 0.2) is 0 Å². The van der Waals surface area contributed by atoms with Crippen LogP contribution in [0.25, 0.3) is 0 Å². The van der Waals surface area contributed by atoms with Crippen LogP contribution in [0.3, 0.4) is 0 Å². The molecule has 0 heterocycles. The molecule has 0 aliphatic carbocycles. The second-order valence-corrected chi connectivity index (χ2v) is 2.36. The number of carbonyl (C=O) groups is 1. The molecule has 0 fully saturated rings. The van der Waals surface area contributed by atoms with E-state index in [1.165, 1.54) is 6.92 Å². The third kappa shape index (κ3) is 3.77. The van der Waals surface area contributed by atoms with Crippen LogP contribution in [0.15, 0.2) is 10.3 Å². The summed E-state index contributed by atoms with van der Waals surface area (Å²) >= 11 is 0. The summed E-state index contributed by atoms with van der Waals surface area (Å²) in [5.41, 5.74) is 0. The molecular formula is C6H14N5O+. The molecule has 12 heavy (non-hydrogen) atoms. The third-order valence-corrected chi connectivity index (χ3v) is 1.44. The van der Waals surface area contributed by atoms with Crippen LogP contribution in [0, 0.1) is 0 Å². The van der Waals surface area contributed by atoms with E-state index in [0.717, 1.165) is 0 Å². The molecule has 6 nitrogen and oxygen atoms in total. The molecule has 68 valence electrons. The third-order valence-electron chi connectivity index (χ3n) is 1.44. The van der Waals surface area contributed by atoms with E-state index in [1.54, 1.807) is 7.05 Å². The van der Waals surface area contributed by atoms with Gasteiger partial charge in [-0.2, -0.15) is 0 Å². The Morgan fingerprint density at radius 2 is 2.33 bits per heavy atom. The molecule has 0 aliphatic rings. The first kappa shape index (κ1) is 10.7. The molecule has 0 amide bonds. The lowest BCUT2D eigenvalue weighted by Crippen LogP contribution is -2.44. The van der Waals surface area contributed by atoms with E-state index in [2.05, 4.69) is 15.7 Å². The average molecular weight is 172 g/mol. The number of nitrogens with one attached hydrogen (secondary N) is 1. The summed E-state index contributed by atoms with van der Waals surface area (Å²) in [6.07, 6.45) is 0.326. The summed E-state index contributed by atoms with van der Waals surface area (Å²) in [6.45, 7) is 1.48. The van der Waals surface area contributed by atoms with Crippen LogP contribution in [0.4, 0.5) is 0 Å². The fourth-order valence-corrected chi connectivity index (χ4v) is 0.773. The SMILES string of the molecule is CN[C@@H](CC(=[NH2+])N=NN)C(C)=O. The Hall–Kier alpha value is -1.30. The van der Waals surface area contributed by atoms with Gasteiger partial charge in [0.25, 0.3) is 0 Å². The number of amidine groups is 1. The highest BCUT2D eigenvalue weighted by atomic mass is 16.1. The largest absolute Gasteiger partial charge is 0.321 e. The van der Waals surface area contributed by atoms with Crippen molar-refractivity contribution in [2.75, 3.05) is 7.05 Å². The zero-order chi connectivity index (χ0) is 9.56.